The molecule has 0 bridgehead atoms. The minimum absolute atomic E-state index is 0.00944. The van der Waals surface area contributed by atoms with E-state index in [1.54, 1.807) is 18.2 Å². The molecule has 0 fully saturated rings. The van der Waals surface area contributed by atoms with E-state index in [0.29, 0.717) is 18.0 Å². The van der Waals surface area contributed by atoms with Gasteiger partial charge in [0.2, 0.25) is 5.91 Å². The van der Waals surface area contributed by atoms with Gasteiger partial charge in [0.15, 0.2) is 0 Å². The summed E-state index contributed by atoms with van der Waals surface area (Å²) in [5, 5.41) is 16.4. The zero-order chi connectivity index (χ0) is 15.0. The molecule has 0 aliphatic heterocycles. The van der Waals surface area contributed by atoms with Gasteiger partial charge in [-0.25, -0.2) is 0 Å². The van der Waals surface area contributed by atoms with E-state index in [2.05, 4.69) is 10.6 Å². The highest BCUT2D eigenvalue weighted by Gasteiger charge is 2.05. The molecule has 1 aromatic carbocycles. The van der Waals surface area contributed by atoms with E-state index in [1.165, 1.54) is 18.2 Å². The normalized spacial score (nSPS) is 12.3. The van der Waals surface area contributed by atoms with Crippen LogP contribution in [0.25, 0.3) is 6.08 Å². The summed E-state index contributed by atoms with van der Waals surface area (Å²) < 4.78 is 0. The molecule has 1 rings (SSSR count). The van der Waals surface area contributed by atoms with Gasteiger partial charge in [-0.05, 0) is 31.1 Å². The summed E-state index contributed by atoms with van der Waals surface area (Å²) in [4.78, 5) is 21.8. The Morgan fingerprint density at radius 3 is 2.85 bits per heavy atom. The van der Waals surface area contributed by atoms with Gasteiger partial charge in [-0.2, -0.15) is 0 Å². The molecule has 1 atom stereocenters. The van der Waals surface area contributed by atoms with Crippen LogP contribution in [-0.4, -0.2) is 31.0 Å². The van der Waals surface area contributed by atoms with Gasteiger partial charge in [0.25, 0.3) is 5.69 Å². The summed E-state index contributed by atoms with van der Waals surface area (Å²) in [5.41, 5.74) is 0.632. The molecule has 0 spiro atoms. The van der Waals surface area contributed by atoms with Gasteiger partial charge in [0, 0.05) is 24.8 Å². The largest absolute Gasteiger partial charge is 0.352 e. The molecular weight excluding hydrogens is 258 g/mol. The third-order valence-electron chi connectivity index (χ3n) is 2.69. The molecule has 0 radical (unpaired) electrons. The molecule has 0 aromatic heterocycles. The second-order valence-electron chi connectivity index (χ2n) is 4.59. The average molecular weight is 277 g/mol. The highest BCUT2D eigenvalue weighted by Crippen LogP contribution is 2.13. The molecule has 0 saturated heterocycles. The summed E-state index contributed by atoms with van der Waals surface area (Å²) in [5.74, 6) is 0.134. The number of non-ortho nitro benzene ring substituents is 1. The van der Waals surface area contributed by atoms with Gasteiger partial charge in [-0.3, -0.25) is 14.9 Å². The van der Waals surface area contributed by atoms with E-state index < -0.39 is 4.92 Å². The maximum Gasteiger partial charge on any atom is 0.270 e. The molecule has 6 heteroatoms. The Bertz CT molecular complexity index is 500. The molecule has 0 saturated carbocycles. The van der Waals surface area contributed by atoms with Crippen molar-refractivity contribution in [3.8, 4) is 0 Å². The van der Waals surface area contributed by atoms with Gasteiger partial charge in [-0.15, -0.1) is 0 Å². The highest BCUT2D eigenvalue weighted by molar-refractivity contribution is 5.91. The molecule has 20 heavy (non-hydrogen) atoms. The predicted molar refractivity (Wildman–Crippen MR) is 78.2 cm³/mol. The van der Waals surface area contributed by atoms with Gasteiger partial charge >= 0.3 is 0 Å². The molecule has 108 valence electrons. The summed E-state index contributed by atoms with van der Waals surface area (Å²) in [6, 6.07) is 6.13. The van der Waals surface area contributed by atoms with E-state index in [4.69, 9.17) is 0 Å². The number of nitro benzene ring substituents is 1. The van der Waals surface area contributed by atoms with E-state index in [9.17, 15) is 14.9 Å². The van der Waals surface area contributed by atoms with Gasteiger partial charge in [-0.1, -0.05) is 19.1 Å². The standard InChI is InChI=1S/C14H19N3O3/c1-11(9-15-2)10-16-14(18)7-6-12-4-3-5-13(8-12)17(19)20/h3-8,11,15H,9-10H2,1-2H3,(H,16,18)/b7-6+. The fourth-order valence-corrected chi connectivity index (χ4v) is 1.67. The number of amides is 1. The first kappa shape index (κ1) is 15.8. The van der Waals surface area contributed by atoms with Crippen molar-refractivity contribution in [1.82, 2.24) is 10.6 Å². The molecule has 6 nitrogen and oxygen atoms in total. The van der Waals surface area contributed by atoms with Gasteiger partial charge in [0.05, 0.1) is 4.92 Å². The number of nitrogens with zero attached hydrogens (tertiary/aromatic N) is 1. The third-order valence-corrected chi connectivity index (χ3v) is 2.69. The lowest BCUT2D eigenvalue weighted by atomic mass is 10.1. The molecule has 0 aliphatic rings. The first-order valence-corrected chi connectivity index (χ1v) is 6.38. The van der Waals surface area contributed by atoms with E-state index in [-0.39, 0.29) is 11.6 Å². The number of nitrogens with one attached hydrogen (secondary N) is 2. The van der Waals surface area contributed by atoms with Crippen LogP contribution in [0.1, 0.15) is 12.5 Å². The number of nitro groups is 1. The predicted octanol–water partition coefficient (Wildman–Crippen LogP) is 1.58. The Labute approximate surface area is 118 Å². The lowest BCUT2D eigenvalue weighted by molar-refractivity contribution is -0.384. The molecule has 1 amide bonds. The van der Waals surface area contributed by atoms with E-state index >= 15 is 0 Å². The lowest BCUT2D eigenvalue weighted by Gasteiger charge is -2.10. The van der Waals surface area contributed by atoms with Crippen molar-refractivity contribution in [3.05, 3.63) is 46.0 Å². The molecule has 1 unspecified atom stereocenters. The van der Waals surface area contributed by atoms with Crippen LogP contribution in [0, 0.1) is 16.0 Å². The molecule has 0 heterocycles. The maximum absolute atomic E-state index is 11.6. The lowest BCUT2D eigenvalue weighted by Crippen LogP contribution is -2.31. The Balaban J connectivity index is 2.53. The molecular formula is C14H19N3O3. The number of hydrogen-bond acceptors (Lipinski definition) is 4. The van der Waals surface area contributed by atoms with Crippen LogP contribution in [0.5, 0.6) is 0 Å². The first-order valence-electron chi connectivity index (χ1n) is 6.38. The Kier molecular flexibility index (Phi) is 6.39. The van der Waals surface area contributed by atoms with Crippen LogP contribution in [-0.2, 0) is 4.79 Å². The van der Waals surface area contributed by atoms with Crippen molar-refractivity contribution < 1.29 is 9.72 Å². The fraction of sp³-hybridized carbons (Fsp3) is 0.357. The zero-order valence-electron chi connectivity index (χ0n) is 11.6. The Morgan fingerprint density at radius 2 is 2.20 bits per heavy atom. The van der Waals surface area contributed by atoms with Crippen LogP contribution in [0.2, 0.25) is 0 Å². The molecule has 0 aliphatic carbocycles. The van der Waals surface area contributed by atoms with Crippen molar-refractivity contribution in [3.63, 3.8) is 0 Å². The van der Waals surface area contributed by atoms with Crippen molar-refractivity contribution in [1.29, 1.82) is 0 Å². The van der Waals surface area contributed by atoms with Crippen LogP contribution in [0.3, 0.4) is 0 Å². The zero-order valence-corrected chi connectivity index (χ0v) is 11.6. The maximum atomic E-state index is 11.6. The van der Waals surface area contributed by atoms with Crippen molar-refractivity contribution in [2.45, 2.75) is 6.92 Å². The Hall–Kier alpha value is -2.21. The first-order chi connectivity index (χ1) is 9.52. The number of carbonyl (C=O) groups excluding carboxylic acids is 1. The van der Waals surface area contributed by atoms with Crippen molar-refractivity contribution in [2.75, 3.05) is 20.1 Å². The van der Waals surface area contributed by atoms with Crippen molar-refractivity contribution in [2.24, 2.45) is 5.92 Å². The Morgan fingerprint density at radius 1 is 1.45 bits per heavy atom. The average Bonchev–Trinajstić information content (AvgIpc) is 2.43. The quantitative estimate of drug-likeness (QED) is 0.450. The monoisotopic (exact) mass is 277 g/mol. The van der Waals surface area contributed by atoms with Crippen LogP contribution < -0.4 is 10.6 Å². The minimum Gasteiger partial charge on any atom is -0.352 e. The summed E-state index contributed by atoms with van der Waals surface area (Å²) in [6.07, 6.45) is 2.94. The van der Waals surface area contributed by atoms with Crippen LogP contribution in [0.4, 0.5) is 5.69 Å². The topological polar surface area (TPSA) is 84.3 Å². The summed E-state index contributed by atoms with van der Waals surface area (Å²) in [7, 11) is 1.86. The third kappa shape index (κ3) is 5.62. The SMILES string of the molecule is CNCC(C)CNC(=O)/C=C/c1cccc([N+](=O)[O-])c1. The molecule has 2 N–H and O–H groups in total. The van der Waals surface area contributed by atoms with Crippen LogP contribution in [0.15, 0.2) is 30.3 Å². The fourth-order valence-electron chi connectivity index (χ4n) is 1.67. The number of hydrogen-bond donors (Lipinski definition) is 2. The smallest absolute Gasteiger partial charge is 0.270 e. The van der Waals surface area contributed by atoms with Gasteiger partial charge < -0.3 is 10.6 Å². The second kappa shape index (κ2) is 8.06. The van der Waals surface area contributed by atoms with E-state index in [1.807, 2.05) is 14.0 Å². The van der Waals surface area contributed by atoms with Gasteiger partial charge in [0.1, 0.15) is 0 Å². The second-order valence-corrected chi connectivity index (χ2v) is 4.59. The van der Waals surface area contributed by atoms with Crippen LogP contribution >= 0.6 is 0 Å². The highest BCUT2D eigenvalue weighted by atomic mass is 16.6. The van der Waals surface area contributed by atoms with E-state index in [0.717, 1.165) is 6.54 Å². The minimum atomic E-state index is -0.461. The summed E-state index contributed by atoms with van der Waals surface area (Å²) in [6.45, 7) is 3.44. The summed E-state index contributed by atoms with van der Waals surface area (Å²) >= 11 is 0. The van der Waals surface area contributed by atoms with Crippen molar-refractivity contribution >= 4 is 17.7 Å². The molecule has 1 aromatic rings. The number of benzene rings is 1. The number of carbonyl (C=O) groups is 1. The number of rotatable bonds is 7.